The summed E-state index contributed by atoms with van der Waals surface area (Å²) in [5, 5.41) is 14.0. The molecule has 136 valence electrons. The summed E-state index contributed by atoms with van der Waals surface area (Å²) in [5.41, 5.74) is 0.575. The molecule has 2 aliphatic rings. The van der Waals surface area contributed by atoms with E-state index in [-0.39, 0.29) is 11.7 Å². The molecule has 0 spiro atoms. The second-order valence-corrected chi connectivity index (χ2v) is 9.87. The van der Waals surface area contributed by atoms with Crippen LogP contribution in [-0.4, -0.2) is 28.8 Å². The number of aliphatic hydroxyl groups excluding tert-OH is 1. The van der Waals surface area contributed by atoms with Crippen molar-refractivity contribution in [1.29, 1.82) is 0 Å². The summed E-state index contributed by atoms with van der Waals surface area (Å²) >= 11 is 1.23. The molecule has 8 heteroatoms. The van der Waals surface area contributed by atoms with Crippen molar-refractivity contribution in [1.82, 2.24) is 9.88 Å². The fourth-order valence-electron chi connectivity index (χ4n) is 3.30. The summed E-state index contributed by atoms with van der Waals surface area (Å²) in [7, 11) is -3.68. The first-order valence-electron chi connectivity index (χ1n) is 8.16. The molecule has 2 N–H and O–H groups in total. The summed E-state index contributed by atoms with van der Waals surface area (Å²) in [6.07, 6.45) is 4.16. The third-order valence-electron chi connectivity index (χ3n) is 4.79. The molecule has 1 aliphatic heterocycles. The van der Waals surface area contributed by atoms with Gasteiger partial charge in [0, 0.05) is 16.9 Å². The fourth-order valence-corrected chi connectivity index (χ4v) is 6.49. The zero-order valence-electron chi connectivity index (χ0n) is 13.8. The van der Waals surface area contributed by atoms with Crippen molar-refractivity contribution < 1.29 is 18.0 Å². The first-order valence-corrected chi connectivity index (χ1v) is 10.6. The molecule has 1 aromatic carbocycles. The van der Waals surface area contributed by atoms with Crippen molar-refractivity contribution in [2.45, 2.75) is 28.9 Å². The first kappa shape index (κ1) is 17.4. The van der Waals surface area contributed by atoms with Crippen LogP contribution in [0, 0.1) is 0 Å². The van der Waals surface area contributed by atoms with Crippen LogP contribution in [0.15, 0.2) is 65.6 Å². The molecule has 1 aliphatic carbocycles. The van der Waals surface area contributed by atoms with E-state index in [1.807, 2.05) is 36.4 Å². The van der Waals surface area contributed by atoms with Gasteiger partial charge in [-0.2, -0.15) is 4.72 Å². The quantitative estimate of drug-likeness (QED) is 0.735. The molecule has 3 unspecified atom stereocenters. The van der Waals surface area contributed by atoms with Gasteiger partial charge in [0.25, 0.3) is 0 Å². The van der Waals surface area contributed by atoms with E-state index < -0.39 is 20.1 Å². The Morgan fingerprint density at radius 1 is 1.35 bits per heavy atom. The third-order valence-corrected chi connectivity index (χ3v) is 8.46. The number of hydrogen-bond donors (Lipinski definition) is 2. The molecule has 4 rings (SSSR count). The van der Waals surface area contributed by atoms with Gasteiger partial charge in [-0.25, -0.2) is 8.42 Å². The molecular formula is C18H18N2O4S2. The summed E-state index contributed by atoms with van der Waals surface area (Å²) in [4.78, 5) is 0.779. The molecule has 1 aromatic heterocycles. The van der Waals surface area contributed by atoms with Crippen molar-refractivity contribution in [3.63, 3.8) is 0 Å². The maximum atomic E-state index is 12.9. The molecular weight excluding hydrogens is 372 g/mol. The zero-order valence-corrected chi connectivity index (χ0v) is 15.5. The van der Waals surface area contributed by atoms with Crippen molar-refractivity contribution in [2.24, 2.45) is 0 Å². The van der Waals surface area contributed by atoms with Crippen molar-refractivity contribution in [3.05, 3.63) is 72.3 Å². The van der Waals surface area contributed by atoms with E-state index in [0.717, 1.165) is 10.5 Å². The smallest absolute Gasteiger partial charge is 0.225 e. The Labute approximate surface area is 156 Å². The highest BCUT2D eigenvalue weighted by molar-refractivity contribution is 8.18. The molecule has 2 heterocycles. The predicted octanol–water partition coefficient (Wildman–Crippen LogP) is 3.40. The lowest BCUT2D eigenvalue weighted by atomic mass is 10.1. The van der Waals surface area contributed by atoms with Crippen LogP contribution >= 0.6 is 11.8 Å². The van der Waals surface area contributed by atoms with E-state index in [2.05, 4.69) is 16.5 Å². The van der Waals surface area contributed by atoms with Crippen LogP contribution in [0.3, 0.4) is 0 Å². The Kier molecular flexibility index (Phi) is 4.21. The van der Waals surface area contributed by atoms with Crippen LogP contribution in [-0.2, 0) is 10.0 Å². The average molecular weight is 390 g/mol. The second-order valence-electron chi connectivity index (χ2n) is 6.47. The lowest BCUT2D eigenvalue weighted by Gasteiger charge is -2.21. The van der Waals surface area contributed by atoms with E-state index >= 15 is 0 Å². The molecule has 1 fully saturated rings. The highest BCUT2D eigenvalue weighted by Gasteiger charge is 2.60. The van der Waals surface area contributed by atoms with Gasteiger partial charge < -0.3 is 9.63 Å². The molecule has 26 heavy (non-hydrogen) atoms. The molecule has 1 saturated carbocycles. The van der Waals surface area contributed by atoms with Gasteiger partial charge in [0.15, 0.2) is 0 Å². The van der Waals surface area contributed by atoms with E-state index in [1.54, 1.807) is 6.07 Å². The summed E-state index contributed by atoms with van der Waals surface area (Å²) in [6, 6.07) is 11.3. The number of sulfonamides is 1. The minimum absolute atomic E-state index is 0.120. The van der Waals surface area contributed by atoms with Crippen LogP contribution in [0.25, 0.3) is 4.91 Å². The van der Waals surface area contributed by atoms with E-state index in [1.165, 1.54) is 18.0 Å². The lowest BCUT2D eigenvalue weighted by Crippen LogP contribution is -2.43. The Morgan fingerprint density at radius 2 is 2.12 bits per heavy atom. The normalized spacial score (nSPS) is 27.9. The van der Waals surface area contributed by atoms with Gasteiger partial charge in [0.05, 0.1) is 5.54 Å². The Bertz CT molecular complexity index is 954. The zero-order chi connectivity index (χ0) is 18.4. The van der Waals surface area contributed by atoms with Crippen LogP contribution in [0.1, 0.15) is 30.0 Å². The minimum atomic E-state index is -3.68. The van der Waals surface area contributed by atoms with Gasteiger partial charge in [0.1, 0.15) is 22.3 Å². The SMILES string of the molecule is C=C(O)C1(NS(=O)(=O)C2CC=C(c3ccon3)S2)CC1c1ccccc1. The Morgan fingerprint density at radius 3 is 2.77 bits per heavy atom. The molecule has 2 aromatic rings. The standard InChI is InChI=1S/C18H18N2O4S2/c1-12(21)18(11-14(18)13-5-3-2-4-6-13)20-26(22,23)17-8-7-16(25-17)15-9-10-24-19-15/h2-7,9-10,14,17,20-21H,1,8,11H2. The molecule has 0 saturated heterocycles. The van der Waals surface area contributed by atoms with E-state index in [4.69, 9.17) is 4.52 Å². The van der Waals surface area contributed by atoms with Gasteiger partial charge in [-0.15, -0.1) is 11.8 Å². The fraction of sp³-hybridized carbons (Fsp3) is 0.278. The van der Waals surface area contributed by atoms with Gasteiger partial charge in [-0.3, -0.25) is 0 Å². The average Bonchev–Trinajstić information content (AvgIpc) is 3.01. The van der Waals surface area contributed by atoms with Crippen molar-refractivity contribution in [2.75, 3.05) is 0 Å². The number of thioether (sulfide) groups is 1. The third kappa shape index (κ3) is 2.98. The van der Waals surface area contributed by atoms with Crippen molar-refractivity contribution in [3.8, 4) is 0 Å². The Balaban J connectivity index is 1.51. The highest BCUT2D eigenvalue weighted by atomic mass is 32.3. The number of allylic oxidation sites excluding steroid dienone is 1. The minimum Gasteiger partial charge on any atom is -0.511 e. The molecule has 6 nitrogen and oxygen atoms in total. The number of aromatic nitrogens is 1. The lowest BCUT2D eigenvalue weighted by molar-refractivity contribution is 0.346. The topological polar surface area (TPSA) is 92.4 Å². The first-order chi connectivity index (χ1) is 12.4. The number of rotatable bonds is 6. The summed E-state index contributed by atoms with van der Waals surface area (Å²) in [5.74, 6) is -0.270. The van der Waals surface area contributed by atoms with Gasteiger partial charge in [-0.1, -0.05) is 48.1 Å². The number of nitrogens with zero attached hydrogens (tertiary/aromatic N) is 1. The maximum Gasteiger partial charge on any atom is 0.225 e. The van der Waals surface area contributed by atoms with Crippen LogP contribution in [0.5, 0.6) is 0 Å². The summed E-state index contributed by atoms with van der Waals surface area (Å²) < 4.78 is 32.7. The summed E-state index contributed by atoms with van der Waals surface area (Å²) in [6.45, 7) is 3.62. The van der Waals surface area contributed by atoms with Gasteiger partial charge in [-0.05, 0) is 18.4 Å². The largest absolute Gasteiger partial charge is 0.511 e. The maximum absolute atomic E-state index is 12.9. The molecule has 3 atom stereocenters. The predicted molar refractivity (Wildman–Crippen MR) is 101 cm³/mol. The van der Waals surface area contributed by atoms with E-state index in [0.29, 0.717) is 18.5 Å². The van der Waals surface area contributed by atoms with Crippen LogP contribution in [0.4, 0.5) is 0 Å². The van der Waals surface area contributed by atoms with Crippen molar-refractivity contribution >= 4 is 26.7 Å². The number of hydrogen-bond acceptors (Lipinski definition) is 6. The highest BCUT2D eigenvalue weighted by Crippen LogP contribution is 2.55. The number of benzene rings is 1. The number of aliphatic hydroxyl groups is 1. The van der Waals surface area contributed by atoms with E-state index in [9.17, 15) is 13.5 Å². The van der Waals surface area contributed by atoms with Crippen LogP contribution in [0.2, 0.25) is 0 Å². The van der Waals surface area contributed by atoms with Gasteiger partial charge >= 0.3 is 0 Å². The van der Waals surface area contributed by atoms with Crippen LogP contribution < -0.4 is 4.72 Å². The monoisotopic (exact) mass is 390 g/mol. The second kappa shape index (κ2) is 6.29. The Hall–Kier alpha value is -2.03. The number of nitrogens with one attached hydrogen (secondary N) is 1. The molecule has 0 radical (unpaired) electrons. The molecule has 0 bridgehead atoms. The molecule has 0 amide bonds. The van der Waals surface area contributed by atoms with Gasteiger partial charge in [0.2, 0.25) is 10.0 Å².